The number of piperidine rings is 1. The first-order chi connectivity index (χ1) is 10.0. The Balaban J connectivity index is 1.93. The number of ether oxygens (including phenoxy) is 1. The maximum Gasteiger partial charge on any atom is 0.308 e. The van der Waals surface area contributed by atoms with Gasteiger partial charge in [0.25, 0.3) is 0 Å². The van der Waals surface area contributed by atoms with Crippen molar-refractivity contribution < 1.29 is 23.1 Å². The molecule has 0 saturated carbocycles. The third kappa shape index (κ3) is 3.56. The second-order valence-corrected chi connectivity index (χ2v) is 5.07. The average molecular weight is 297 g/mol. The summed E-state index contributed by atoms with van der Waals surface area (Å²) < 4.78 is 31.3. The summed E-state index contributed by atoms with van der Waals surface area (Å²) in [6, 6.07) is 3.80. The number of nitrogens with zero attached hydrogens (tertiary/aromatic N) is 1. The summed E-state index contributed by atoms with van der Waals surface area (Å²) in [6.45, 7) is 0.852. The summed E-state index contributed by atoms with van der Waals surface area (Å²) in [5.41, 5.74) is 0.0510. The van der Waals surface area contributed by atoms with E-state index >= 15 is 0 Å². The average Bonchev–Trinajstić information content (AvgIpc) is 2.51. The molecule has 21 heavy (non-hydrogen) atoms. The Morgan fingerprint density at radius 1 is 1.29 bits per heavy atom. The highest BCUT2D eigenvalue weighted by Gasteiger charge is 2.28. The van der Waals surface area contributed by atoms with Crippen LogP contribution in [0.2, 0.25) is 0 Å². The molecule has 1 aliphatic heterocycles. The minimum Gasteiger partial charge on any atom is -0.469 e. The molecule has 0 atom stereocenters. The number of halogens is 2. The number of esters is 1. The third-order valence-electron chi connectivity index (χ3n) is 3.76. The van der Waals surface area contributed by atoms with E-state index in [0.29, 0.717) is 25.9 Å². The zero-order valence-corrected chi connectivity index (χ0v) is 11.8. The van der Waals surface area contributed by atoms with Gasteiger partial charge >= 0.3 is 5.97 Å². The normalized spacial score (nSPS) is 15.9. The summed E-state index contributed by atoms with van der Waals surface area (Å²) in [4.78, 5) is 25.1. The van der Waals surface area contributed by atoms with E-state index in [1.165, 1.54) is 19.2 Å². The lowest BCUT2D eigenvalue weighted by molar-refractivity contribution is -0.148. The monoisotopic (exact) mass is 297 g/mol. The quantitative estimate of drug-likeness (QED) is 0.801. The summed E-state index contributed by atoms with van der Waals surface area (Å²) in [5.74, 6) is -2.65. The molecule has 0 N–H and O–H groups in total. The molecule has 4 nitrogen and oxygen atoms in total. The van der Waals surface area contributed by atoms with Crippen LogP contribution in [0.15, 0.2) is 18.2 Å². The molecule has 0 spiro atoms. The molecule has 1 fully saturated rings. The summed E-state index contributed by atoms with van der Waals surface area (Å²) in [5, 5.41) is 0. The Morgan fingerprint density at radius 3 is 2.57 bits per heavy atom. The summed E-state index contributed by atoms with van der Waals surface area (Å²) in [6.07, 6.45) is 0.889. The fourth-order valence-electron chi connectivity index (χ4n) is 2.49. The number of amides is 1. The summed E-state index contributed by atoms with van der Waals surface area (Å²) in [7, 11) is 1.34. The van der Waals surface area contributed by atoms with Crippen molar-refractivity contribution in [3.8, 4) is 0 Å². The van der Waals surface area contributed by atoms with Crippen molar-refractivity contribution in [3.05, 3.63) is 35.4 Å². The molecule has 1 amide bonds. The Kier molecular flexibility index (Phi) is 4.88. The van der Waals surface area contributed by atoms with Gasteiger partial charge in [0, 0.05) is 18.7 Å². The molecule has 1 heterocycles. The first-order valence-corrected chi connectivity index (χ1v) is 6.81. The van der Waals surface area contributed by atoms with Crippen molar-refractivity contribution in [2.75, 3.05) is 20.2 Å². The molecule has 0 aliphatic carbocycles. The molecule has 2 rings (SSSR count). The minimum absolute atomic E-state index is 0.0510. The molecule has 1 aliphatic rings. The SMILES string of the molecule is COC(=O)C1CCN(C(=O)Cc2cccc(F)c2F)CC1. The van der Waals surface area contributed by atoms with Crippen molar-refractivity contribution >= 4 is 11.9 Å². The van der Waals surface area contributed by atoms with Crippen LogP contribution in [-0.4, -0.2) is 37.0 Å². The van der Waals surface area contributed by atoms with Crippen LogP contribution < -0.4 is 0 Å². The van der Waals surface area contributed by atoms with Gasteiger partial charge in [-0.25, -0.2) is 8.78 Å². The molecule has 6 heteroatoms. The topological polar surface area (TPSA) is 46.6 Å². The van der Waals surface area contributed by atoms with Gasteiger partial charge in [-0.15, -0.1) is 0 Å². The van der Waals surface area contributed by atoms with E-state index in [2.05, 4.69) is 4.74 Å². The van der Waals surface area contributed by atoms with Gasteiger partial charge in [0.2, 0.25) is 5.91 Å². The van der Waals surface area contributed by atoms with E-state index < -0.39 is 11.6 Å². The van der Waals surface area contributed by atoms with Crippen LogP contribution in [0, 0.1) is 17.6 Å². The Morgan fingerprint density at radius 2 is 1.95 bits per heavy atom. The van der Waals surface area contributed by atoms with Gasteiger partial charge in [0.1, 0.15) is 0 Å². The highest BCUT2D eigenvalue weighted by Crippen LogP contribution is 2.20. The van der Waals surface area contributed by atoms with E-state index in [4.69, 9.17) is 0 Å². The van der Waals surface area contributed by atoms with E-state index in [1.54, 1.807) is 4.90 Å². The Labute approximate surface area is 121 Å². The molecule has 1 saturated heterocycles. The molecule has 1 aromatic carbocycles. The third-order valence-corrected chi connectivity index (χ3v) is 3.76. The predicted octanol–water partition coefficient (Wildman–Crippen LogP) is 1.92. The van der Waals surface area contributed by atoms with Crippen molar-refractivity contribution in [1.82, 2.24) is 4.90 Å². The molecular weight excluding hydrogens is 280 g/mol. The van der Waals surface area contributed by atoms with Crippen molar-refractivity contribution in [2.45, 2.75) is 19.3 Å². The first-order valence-electron chi connectivity index (χ1n) is 6.81. The van der Waals surface area contributed by atoms with Gasteiger partial charge in [-0.3, -0.25) is 9.59 Å². The predicted molar refractivity (Wildman–Crippen MR) is 71.4 cm³/mol. The van der Waals surface area contributed by atoms with Gasteiger partial charge < -0.3 is 9.64 Å². The van der Waals surface area contributed by atoms with E-state index in [-0.39, 0.29) is 29.8 Å². The Bertz CT molecular complexity index is 540. The van der Waals surface area contributed by atoms with Crippen molar-refractivity contribution in [1.29, 1.82) is 0 Å². The smallest absolute Gasteiger partial charge is 0.308 e. The maximum atomic E-state index is 13.5. The molecule has 114 valence electrons. The number of benzene rings is 1. The van der Waals surface area contributed by atoms with E-state index in [0.717, 1.165) is 6.07 Å². The van der Waals surface area contributed by atoms with Gasteiger partial charge in [-0.1, -0.05) is 12.1 Å². The van der Waals surface area contributed by atoms with Gasteiger partial charge in [-0.2, -0.15) is 0 Å². The lowest BCUT2D eigenvalue weighted by Gasteiger charge is -2.30. The molecular formula is C15H17F2NO3. The number of carbonyl (C=O) groups excluding carboxylic acids is 2. The Hall–Kier alpha value is -1.98. The molecule has 0 radical (unpaired) electrons. The maximum absolute atomic E-state index is 13.5. The highest BCUT2D eigenvalue weighted by atomic mass is 19.2. The standard InChI is InChI=1S/C15H17F2NO3/c1-21-15(20)10-5-7-18(8-6-10)13(19)9-11-3-2-4-12(16)14(11)17/h2-4,10H,5-9H2,1H3. The van der Waals surface area contributed by atoms with Gasteiger partial charge in [0.05, 0.1) is 19.4 Å². The largest absolute Gasteiger partial charge is 0.469 e. The number of carbonyl (C=O) groups is 2. The molecule has 0 aromatic heterocycles. The second-order valence-electron chi connectivity index (χ2n) is 5.07. The van der Waals surface area contributed by atoms with Crippen LogP contribution in [0.25, 0.3) is 0 Å². The van der Waals surface area contributed by atoms with Gasteiger partial charge in [-0.05, 0) is 18.9 Å². The van der Waals surface area contributed by atoms with E-state index in [1.807, 2.05) is 0 Å². The lowest BCUT2D eigenvalue weighted by Crippen LogP contribution is -2.41. The zero-order valence-electron chi connectivity index (χ0n) is 11.8. The van der Waals surface area contributed by atoms with Crippen LogP contribution in [0.4, 0.5) is 8.78 Å². The number of rotatable bonds is 3. The van der Waals surface area contributed by atoms with Crippen molar-refractivity contribution in [3.63, 3.8) is 0 Å². The van der Waals surface area contributed by atoms with Crippen LogP contribution in [0.1, 0.15) is 18.4 Å². The minimum atomic E-state index is -0.977. The lowest BCUT2D eigenvalue weighted by atomic mass is 9.96. The van der Waals surface area contributed by atoms with Crippen LogP contribution in [-0.2, 0) is 20.7 Å². The van der Waals surface area contributed by atoms with E-state index in [9.17, 15) is 18.4 Å². The van der Waals surface area contributed by atoms with Crippen LogP contribution in [0.3, 0.4) is 0 Å². The number of hydrogen-bond donors (Lipinski definition) is 0. The number of hydrogen-bond acceptors (Lipinski definition) is 3. The molecule has 0 unspecified atom stereocenters. The fraction of sp³-hybridized carbons (Fsp3) is 0.467. The van der Waals surface area contributed by atoms with Gasteiger partial charge in [0.15, 0.2) is 11.6 Å². The second kappa shape index (κ2) is 6.65. The highest BCUT2D eigenvalue weighted by molar-refractivity contribution is 5.79. The zero-order chi connectivity index (χ0) is 15.4. The fourth-order valence-corrected chi connectivity index (χ4v) is 2.49. The van der Waals surface area contributed by atoms with Crippen LogP contribution >= 0.6 is 0 Å². The summed E-state index contributed by atoms with van der Waals surface area (Å²) >= 11 is 0. The number of likely N-dealkylation sites (tertiary alicyclic amines) is 1. The number of methoxy groups -OCH3 is 1. The first kappa shape index (κ1) is 15.4. The van der Waals surface area contributed by atoms with Crippen molar-refractivity contribution in [2.24, 2.45) is 5.92 Å². The molecule has 0 bridgehead atoms. The molecule has 1 aromatic rings. The van der Waals surface area contributed by atoms with Crippen LogP contribution in [0.5, 0.6) is 0 Å².